The summed E-state index contributed by atoms with van der Waals surface area (Å²) in [6, 6.07) is 4.63. The third kappa shape index (κ3) is 6.22. The highest BCUT2D eigenvalue weighted by Crippen LogP contribution is 2.37. The Kier molecular flexibility index (Phi) is 9.12. The number of amides is 1. The number of halogens is 3. The van der Waals surface area contributed by atoms with Gasteiger partial charge >= 0.3 is 0 Å². The largest absolute Gasteiger partial charge is 0.482 e. The number of carbonyl (C=O) groups is 1. The monoisotopic (exact) mass is 562 g/mol. The SMILES string of the molecule is CCN(CC)CC(=O)N1CCC(n2cc(-c3cnc(N)c(OC(C)c4c(Cl)ccc(F)c4Cl)c3)cn2)CC1. The third-order valence-electron chi connectivity index (χ3n) is 7.05. The molecule has 3 aromatic rings. The summed E-state index contributed by atoms with van der Waals surface area (Å²) in [6.45, 7) is 9.49. The lowest BCUT2D eigenvalue weighted by molar-refractivity contribution is -0.133. The Morgan fingerprint density at radius 2 is 1.92 bits per heavy atom. The molecule has 0 bridgehead atoms. The molecule has 1 unspecified atom stereocenters. The molecule has 8 nitrogen and oxygen atoms in total. The van der Waals surface area contributed by atoms with Gasteiger partial charge in [0.25, 0.3) is 0 Å². The van der Waals surface area contributed by atoms with Crippen molar-refractivity contribution in [2.24, 2.45) is 0 Å². The summed E-state index contributed by atoms with van der Waals surface area (Å²) in [5, 5.41) is 4.79. The molecular formula is C27H33Cl2FN6O2. The number of carbonyl (C=O) groups excluding carboxylic acids is 1. The van der Waals surface area contributed by atoms with Crippen LogP contribution < -0.4 is 10.5 Å². The van der Waals surface area contributed by atoms with E-state index >= 15 is 0 Å². The molecule has 4 rings (SSSR count). The van der Waals surface area contributed by atoms with Crippen LogP contribution in [-0.4, -0.2) is 63.2 Å². The first-order chi connectivity index (χ1) is 18.2. The lowest BCUT2D eigenvalue weighted by Gasteiger charge is -2.33. The van der Waals surface area contributed by atoms with Gasteiger partial charge in [-0.3, -0.25) is 14.4 Å². The molecule has 1 aliphatic heterocycles. The number of likely N-dealkylation sites (tertiary alicyclic amines) is 1. The first-order valence-electron chi connectivity index (χ1n) is 12.8. The van der Waals surface area contributed by atoms with Crippen LogP contribution in [0.2, 0.25) is 10.0 Å². The maximum absolute atomic E-state index is 14.0. The number of hydrogen-bond acceptors (Lipinski definition) is 6. The fourth-order valence-electron chi connectivity index (χ4n) is 4.68. The third-order valence-corrected chi connectivity index (χ3v) is 7.76. The van der Waals surface area contributed by atoms with Gasteiger partial charge in [-0.15, -0.1) is 0 Å². The molecule has 1 amide bonds. The Labute approximate surface area is 232 Å². The van der Waals surface area contributed by atoms with E-state index in [-0.39, 0.29) is 22.8 Å². The molecule has 0 radical (unpaired) electrons. The zero-order valence-electron chi connectivity index (χ0n) is 21.8. The number of nitrogens with zero attached hydrogens (tertiary/aromatic N) is 5. The van der Waals surface area contributed by atoms with Crippen LogP contribution in [0.4, 0.5) is 10.2 Å². The molecule has 0 saturated carbocycles. The van der Waals surface area contributed by atoms with Gasteiger partial charge in [-0.2, -0.15) is 5.10 Å². The topological polar surface area (TPSA) is 89.5 Å². The molecule has 1 aliphatic rings. The fourth-order valence-corrected chi connectivity index (χ4v) is 5.36. The van der Waals surface area contributed by atoms with Crippen molar-refractivity contribution in [1.82, 2.24) is 24.6 Å². The van der Waals surface area contributed by atoms with E-state index in [0.717, 1.165) is 37.1 Å². The normalized spacial score (nSPS) is 15.2. The predicted octanol–water partition coefficient (Wildman–Crippen LogP) is 5.62. The summed E-state index contributed by atoms with van der Waals surface area (Å²) in [4.78, 5) is 21.0. The molecular weight excluding hydrogens is 530 g/mol. The predicted molar refractivity (Wildman–Crippen MR) is 148 cm³/mol. The van der Waals surface area contributed by atoms with E-state index in [0.29, 0.717) is 36.0 Å². The van der Waals surface area contributed by atoms with Crippen LogP contribution in [0.15, 0.2) is 36.8 Å². The van der Waals surface area contributed by atoms with Crippen LogP contribution in [0.1, 0.15) is 51.3 Å². The van der Waals surface area contributed by atoms with E-state index in [1.54, 1.807) is 25.4 Å². The maximum atomic E-state index is 14.0. The number of likely N-dealkylation sites (N-methyl/N-ethyl adjacent to an activating group) is 1. The molecule has 2 N–H and O–H groups in total. The zero-order chi connectivity index (χ0) is 27.4. The molecule has 11 heteroatoms. The second-order valence-corrected chi connectivity index (χ2v) is 10.2. The first-order valence-corrected chi connectivity index (χ1v) is 13.6. The van der Waals surface area contributed by atoms with Gasteiger partial charge in [-0.1, -0.05) is 37.0 Å². The molecule has 0 aliphatic carbocycles. The van der Waals surface area contributed by atoms with Gasteiger partial charge in [-0.25, -0.2) is 9.37 Å². The minimum Gasteiger partial charge on any atom is -0.482 e. The second kappa shape index (κ2) is 12.3. The van der Waals surface area contributed by atoms with Gasteiger partial charge in [0.05, 0.1) is 23.8 Å². The van der Waals surface area contributed by atoms with Crippen molar-refractivity contribution >= 4 is 34.9 Å². The van der Waals surface area contributed by atoms with Crippen LogP contribution in [0, 0.1) is 5.82 Å². The molecule has 1 atom stereocenters. The fraction of sp³-hybridized carbons (Fsp3) is 0.444. The molecule has 2 aromatic heterocycles. The highest BCUT2D eigenvalue weighted by Gasteiger charge is 2.25. The number of pyridine rings is 1. The van der Waals surface area contributed by atoms with Gasteiger partial charge in [0.2, 0.25) is 5.91 Å². The Hall–Kier alpha value is -2.88. The van der Waals surface area contributed by atoms with E-state index in [2.05, 4.69) is 28.8 Å². The number of ether oxygens (including phenoxy) is 1. The van der Waals surface area contributed by atoms with Crippen molar-refractivity contribution in [1.29, 1.82) is 0 Å². The van der Waals surface area contributed by atoms with Gasteiger partial charge in [0.15, 0.2) is 11.6 Å². The van der Waals surface area contributed by atoms with Crippen molar-refractivity contribution in [2.45, 2.75) is 45.8 Å². The quantitative estimate of drug-likeness (QED) is 0.340. The van der Waals surface area contributed by atoms with Crippen molar-refractivity contribution in [3.63, 3.8) is 0 Å². The highest BCUT2D eigenvalue weighted by atomic mass is 35.5. The average molecular weight is 564 g/mol. The Bertz CT molecular complexity index is 1270. The first kappa shape index (κ1) is 28.1. The molecule has 1 fully saturated rings. The van der Waals surface area contributed by atoms with Crippen molar-refractivity contribution in [3.05, 3.63) is 58.2 Å². The number of aromatic nitrogens is 3. The van der Waals surface area contributed by atoms with Crippen LogP contribution in [0.25, 0.3) is 11.1 Å². The van der Waals surface area contributed by atoms with Crippen LogP contribution >= 0.6 is 23.2 Å². The molecule has 204 valence electrons. The average Bonchev–Trinajstić information content (AvgIpc) is 3.41. The lowest BCUT2D eigenvalue weighted by atomic mass is 10.0. The number of piperidine rings is 1. The minimum atomic E-state index is -0.664. The highest BCUT2D eigenvalue weighted by molar-refractivity contribution is 6.36. The van der Waals surface area contributed by atoms with Crippen LogP contribution in [0.3, 0.4) is 0 Å². The number of rotatable bonds is 9. The van der Waals surface area contributed by atoms with Crippen LogP contribution in [-0.2, 0) is 4.79 Å². The van der Waals surface area contributed by atoms with Gasteiger partial charge in [-0.05, 0) is 51.1 Å². The van der Waals surface area contributed by atoms with Crippen molar-refractivity contribution in [3.8, 4) is 16.9 Å². The van der Waals surface area contributed by atoms with E-state index in [1.807, 2.05) is 15.8 Å². The van der Waals surface area contributed by atoms with Crippen molar-refractivity contribution in [2.75, 3.05) is 38.5 Å². The molecule has 38 heavy (non-hydrogen) atoms. The van der Waals surface area contributed by atoms with Gasteiger partial charge in [0, 0.05) is 47.2 Å². The number of benzene rings is 1. The summed E-state index contributed by atoms with van der Waals surface area (Å²) in [6.07, 6.45) is 6.42. The van der Waals surface area contributed by atoms with Crippen molar-refractivity contribution < 1.29 is 13.9 Å². The molecule has 0 spiro atoms. The van der Waals surface area contributed by atoms with E-state index in [4.69, 9.17) is 33.7 Å². The van der Waals surface area contributed by atoms with E-state index in [9.17, 15) is 9.18 Å². The van der Waals surface area contributed by atoms with Gasteiger partial charge < -0.3 is 15.4 Å². The van der Waals surface area contributed by atoms with E-state index < -0.39 is 11.9 Å². The number of hydrogen-bond donors (Lipinski definition) is 1. The Balaban J connectivity index is 1.43. The Morgan fingerprint density at radius 1 is 1.21 bits per heavy atom. The van der Waals surface area contributed by atoms with E-state index in [1.165, 1.54) is 12.1 Å². The summed E-state index contributed by atoms with van der Waals surface area (Å²) >= 11 is 12.4. The smallest absolute Gasteiger partial charge is 0.236 e. The van der Waals surface area contributed by atoms with Crippen LogP contribution in [0.5, 0.6) is 5.75 Å². The zero-order valence-corrected chi connectivity index (χ0v) is 23.3. The standard InChI is InChI=1S/C27H33Cl2FN6O2/c1-4-34(5-2)16-24(37)35-10-8-20(9-11-35)36-15-19(14-33-36)18-12-23(27(31)32-13-18)38-17(3)25-21(28)6-7-22(30)26(25)29/h6-7,12-15,17,20H,4-5,8-11,16H2,1-3H3,(H2,31,32). The summed E-state index contributed by atoms with van der Waals surface area (Å²) < 4.78 is 22.0. The molecule has 1 aromatic carbocycles. The summed E-state index contributed by atoms with van der Waals surface area (Å²) in [5.41, 5.74) is 8.05. The number of anilines is 1. The minimum absolute atomic E-state index is 0.0882. The second-order valence-electron chi connectivity index (χ2n) is 9.41. The molecule has 1 saturated heterocycles. The summed E-state index contributed by atoms with van der Waals surface area (Å²) in [7, 11) is 0. The summed E-state index contributed by atoms with van der Waals surface area (Å²) in [5.74, 6) is 0.134. The Morgan fingerprint density at radius 3 is 2.61 bits per heavy atom. The molecule has 3 heterocycles. The lowest BCUT2D eigenvalue weighted by Crippen LogP contribution is -2.44. The van der Waals surface area contributed by atoms with Gasteiger partial charge in [0.1, 0.15) is 11.9 Å². The maximum Gasteiger partial charge on any atom is 0.236 e. The number of nitrogen functional groups attached to an aromatic ring is 1. The number of nitrogens with two attached hydrogens (primary N) is 1.